The smallest absolute Gasteiger partial charge is 0.335 e. The number of halogens is 1. The number of carboxylic acids is 1. The van der Waals surface area contributed by atoms with Crippen molar-refractivity contribution in [2.24, 2.45) is 5.92 Å². The number of carboxylic acid groups (broad SMARTS) is 1. The molecule has 0 bridgehead atoms. The van der Waals surface area contributed by atoms with Crippen molar-refractivity contribution in [1.29, 1.82) is 0 Å². The van der Waals surface area contributed by atoms with Gasteiger partial charge in [-0.25, -0.2) is 4.79 Å². The Kier molecular flexibility index (Phi) is 4.83. The SMILES string of the molecule is CN(Cc1ccc(C(=O)O)cc1Cl)CC1CCCC1. The first-order valence-corrected chi connectivity index (χ1v) is 7.14. The summed E-state index contributed by atoms with van der Waals surface area (Å²) >= 11 is 6.14. The lowest BCUT2D eigenvalue weighted by molar-refractivity contribution is 0.0697. The Morgan fingerprint density at radius 1 is 1.42 bits per heavy atom. The Morgan fingerprint density at radius 2 is 2.11 bits per heavy atom. The van der Waals surface area contributed by atoms with Crippen LogP contribution in [-0.2, 0) is 6.54 Å². The molecular weight excluding hydrogens is 262 g/mol. The van der Waals surface area contributed by atoms with E-state index in [9.17, 15) is 4.79 Å². The summed E-state index contributed by atoms with van der Waals surface area (Å²) < 4.78 is 0. The summed E-state index contributed by atoms with van der Waals surface area (Å²) in [6, 6.07) is 4.96. The minimum absolute atomic E-state index is 0.243. The first kappa shape index (κ1) is 14.4. The van der Waals surface area contributed by atoms with Crippen LogP contribution in [0.25, 0.3) is 0 Å². The molecule has 1 aromatic carbocycles. The Bertz CT molecular complexity index is 455. The lowest BCUT2D eigenvalue weighted by Gasteiger charge is -2.21. The van der Waals surface area contributed by atoms with Crippen molar-refractivity contribution < 1.29 is 9.90 Å². The van der Waals surface area contributed by atoms with Gasteiger partial charge in [-0.3, -0.25) is 0 Å². The number of hydrogen-bond donors (Lipinski definition) is 1. The van der Waals surface area contributed by atoms with Crippen LogP contribution in [0, 0.1) is 5.92 Å². The van der Waals surface area contributed by atoms with Crippen molar-refractivity contribution in [3.05, 3.63) is 34.3 Å². The Hall–Kier alpha value is -1.06. The molecule has 19 heavy (non-hydrogen) atoms. The topological polar surface area (TPSA) is 40.5 Å². The molecule has 0 spiro atoms. The largest absolute Gasteiger partial charge is 0.478 e. The molecule has 0 unspecified atom stereocenters. The average Bonchev–Trinajstić information content (AvgIpc) is 2.84. The fourth-order valence-electron chi connectivity index (χ4n) is 2.80. The summed E-state index contributed by atoms with van der Waals surface area (Å²) in [4.78, 5) is 13.1. The predicted octanol–water partition coefficient (Wildman–Crippen LogP) is 3.66. The second kappa shape index (κ2) is 6.40. The van der Waals surface area contributed by atoms with Gasteiger partial charge in [-0.05, 0) is 43.5 Å². The fraction of sp³-hybridized carbons (Fsp3) is 0.533. The maximum absolute atomic E-state index is 10.8. The molecule has 1 aromatic rings. The van der Waals surface area contributed by atoms with E-state index in [1.54, 1.807) is 6.07 Å². The molecular formula is C15H20ClNO2. The normalized spacial score (nSPS) is 16.2. The van der Waals surface area contributed by atoms with Gasteiger partial charge >= 0.3 is 5.97 Å². The summed E-state index contributed by atoms with van der Waals surface area (Å²) in [5, 5.41) is 9.44. The molecule has 2 rings (SSSR count). The highest BCUT2D eigenvalue weighted by atomic mass is 35.5. The van der Waals surface area contributed by atoms with E-state index in [1.165, 1.54) is 31.7 Å². The minimum atomic E-state index is -0.937. The van der Waals surface area contributed by atoms with Crippen molar-refractivity contribution in [1.82, 2.24) is 4.90 Å². The van der Waals surface area contributed by atoms with E-state index in [0.29, 0.717) is 5.02 Å². The average molecular weight is 282 g/mol. The molecule has 0 aliphatic heterocycles. The molecule has 0 aromatic heterocycles. The van der Waals surface area contributed by atoms with Gasteiger partial charge in [-0.2, -0.15) is 0 Å². The van der Waals surface area contributed by atoms with E-state index in [2.05, 4.69) is 11.9 Å². The number of benzene rings is 1. The molecule has 1 aliphatic rings. The Labute approximate surface area is 119 Å². The van der Waals surface area contributed by atoms with Crippen LogP contribution in [0.4, 0.5) is 0 Å². The molecule has 0 radical (unpaired) electrons. The molecule has 1 aliphatic carbocycles. The zero-order chi connectivity index (χ0) is 13.8. The predicted molar refractivity (Wildman–Crippen MR) is 76.7 cm³/mol. The van der Waals surface area contributed by atoms with Crippen LogP contribution < -0.4 is 0 Å². The van der Waals surface area contributed by atoms with Crippen LogP contribution in [0.1, 0.15) is 41.6 Å². The van der Waals surface area contributed by atoms with Crippen molar-refractivity contribution in [2.75, 3.05) is 13.6 Å². The first-order valence-electron chi connectivity index (χ1n) is 6.76. The van der Waals surface area contributed by atoms with Gasteiger partial charge in [0.2, 0.25) is 0 Å². The summed E-state index contributed by atoms with van der Waals surface area (Å²) in [6.45, 7) is 1.87. The molecule has 104 valence electrons. The number of nitrogens with zero attached hydrogens (tertiary/aromatic N) is 1. The lowest BCUT2D eigenvalue weighted by atomic mass is 10.1. The standard InChI is InChI=1S/C15H20ClNO2/c1-17(9-11-4-2-3-5-11)10-13-7-6-12(15(18)19)8-14(13)16/h6-8,11H,2-5,9-10H2,1H3,(H,18,19). The Balaban J connectivity index is 1.96. The summed E-state index contributed by atoms with van der Waals surface area (Å²) in [5.41, 5.74) is 1.24. The molecule has 0 saturated heterocycles. The van der Waals surface area contributed by atoms with Crippen LogP contribution >= 0.6 is 11.6 Å². The third kappa shape index (κ3) is 3.95. The minimum Gasteiger partial charge on any atom is -0.478 e. The van der Waals surface area contributed by atoms with Gasteiger partial charge in [0.1, 0.15) is 0 Å². The molecule has 1 fully saturated rings. The van der Waals surface area contributed by atoms with E-state index >= 15 is 0 Å². The van der Waals surface area contributed by atoms with E-state index in [4.69, 9.17) is 16.7 Å². The van der Waals surface area contributed by atoms with Crippen molar-refractivity contribution in [2.45, 2.75) is 32.2 Å². The lowest BCUT2D eigenvalue weighted by Crippen LogP contribution is -2.24. The Morgan fingerprint density at radius 3 is 2.68 bits per heavy atom. The summed E-state index contributed by atoms with van der Waals surface area (Å²) in [7, 11) is 2.10. The van der Waals surface area contributed by atoms with E-state index in [1.807, 2.05) is 6.07 Å². The monoisotopic (exact) mass is 281 g/mol. The fourth-order valence-corrected chi connectivity index (χ4v) is 3.04. The second-order valence-corrected chi connectivity index (χ2v) is 5.87. The third-order valence-electron chi connectivity index (χ3n) is 3.78. The molecule has 0 heterocycles. The van der Waals surface area contributed by atoms with Crippen molar-refractivity contribution in [3.63, 3.8) is 0 Å². The molecule has 4 heteroatoms. The molecule has 1 N–H and O–H groups in total. The van der Waals surface area contributed by atoms with Crippen LogP contribution in [0.2, 0.25) is 5.02 Å². The molecule has 3 nitrogen and oxygen atoms in total. The number of rotatable bonds is 5. The van der Waals surface area contributed by atoms with Gasteiger partial charge in [0.25, 0.3) is 0 Å². The highest BCUT2D eigenvalue weighted by molar-refractivity contribution is 6.31. The van der Waals surface area contributed by atoms with E-state index in [0.717, 1.165) is 24.6 Å². The van der Waals surface area contributed by atoms with Crippen molar-refractivity contribution >= 4 is 17.6 Å². The first-order chi connectivity index (χ1) is 9.06. The molecule has 0 atom stereocenters. The zero-order valence-corrected chi connectivity index (χ0v) is 12.0. The number of carbonyl (C=O) groups is 1. The van der Waals surface area contributed by atoms with Crippen LogP contribution in [0.3, 0.4) is 0 Å². The highest BCUT2D eigenvalue weighted by Crippen LogP contribution is 2.26. The summed E-state index contributed by atoms with van der Waals surface area (Å²) in [6.07, 6.45) is 5.37. The van der Waals surface area contributed by atoms with Gasteiger partial charge in [0.15, 0.2) is 0 Å². The zero-order valence-electron chi connectivity index (χ0n) is 11.2. The summed E-state index contributed by atoms with van der Waals surface area (Å²) in [5.74, 6) is -0.130. The van der Waals surface area contributed by atoms with Gasteiger partial charge in [0, 0.05) is 18.1 Å². The van der Waals surface area contributed by atoms with Crippen LogP contribution in [0.5, 0.6) is 0 Å². The number of aromatic carboxylic acids is 1. The maximum Gasteiger partial charge on any atom is 0.335 e. The van der Waals surface area contributed by atoms with Crippen LogP contribution in [0.15, 0.2) is 18.2 Å². The van der Waals surface area contributed by atoms with Gasteiger partial charge in [-0.15, -0.1) is 0 Å². The third-order valence-corrected chi connectivity index (χ3v) is 4.14. The number of hydrogen-bond acceptors (Lipinski definition) is 2. The maximum atomic E-state index is 10.8. The van der Waals surface area contributed by atoms with E-state index in [-0.39, 0.29) is 5.56 Å². The highest BCUT2D eigenvalue weighted by Gasteiger charge is 2.17. The van der Waals surface area contributed by atoms with Crippen LogP contribution in [-0.4, -0.2) is 29.6 Å². The molecule has 0 amide bonds. The van der Waals surface area contributed by atoms with Gasteiger partial charge in [0.05, 0.1) is 5.56 Å². The van der Waals surface area contributed by atoms with Crippen molar-refractivity contribution in [3.8, 4) is 0 Å². The second-order valence-electron chi connectivity index (χ2n) is 5.46. The quantitative estimate of drug-likeness (QED) is 0.895. The molecule has 1 saturated carbocycles. The van der Waals surface area contributed by atoms with E-state index < -0.39 is 5.97 Å². The van der Waals surface area contributed by atoms with Gasteiger partial charge < -0.3 is 10.0 Å². The van der Waals surface area contributed by atoms with Gasteiger partial charge in [-0.1, -0.05) is 30.5 Å².